The van der Waals surface area contributed by atoms with Crippen molar-refractivity contribution in [3.63, 3.8) is 0 Å². The summed E-state index contributed by atoms with van der Waals surface area (Å²) >= 11 is 0. The minimum absolute atomic E-state index is 0.0103. The van der Waals surface area contributed by atoms with Crippen molar-refractivity contribution in [1.82, 2.24) is 20.1 Å². The number of anilines is 1. The molecule has 0 saturated carbocycles. The molecule has 3 heterocycles. The minimum atomic E-state index is -3.60. The molecule has 0 radical (unpaired) electrons. The molecule has 0 atom stereocenters. The number of ether oxygens (including phenoxy) is 2. The highest BCUT2D eigenvalue weighted by Gasteiger charge is 2.29. The number of rotatable bonds is 8. The number of hydrogen-bond acceptors (Lipinski definition) is 13. The number of benzene rings is 1. The lowest BCUT2D eigenvalue weighted by molar-refractivity contribution is -0.385. The average Bonchev–Trinajstić information content (AvgIpc) is 3.45. The molecule has 0 spiro atoms. The lowest BCUT2D eigenvalue weighted by Gasteiger charge is -2.22. The van der Waals surface area contributed by atoms with Crippen LogP contribution in [0.4, 0.5) is 16.3 Å². The molecule has 47 heavy (non-hydrogen) atoms. The molecule has 1 amide bonds. The van der Waals surface area contributed by atoms with Gasteiger partial charge < -0.3 is 14.0 Å². The summed E-state index contributed by atoms with van der Waals surface area (Å²) in [5.74, 6) is -1.12. The van der Waals surface area contributed by atoms with Crippen LogP contribution in [0.1, 0.15) is 65.9 Å². The van der Waals surface area contributed by atoms with E-state index in [0.29, 0.717) is 5.56 Å². The maximum absolute atomic E-state index is 13.5. The van der Waals surface area contributed by atoms with Crippen LogP contribution in [0.15, 0.2) is 58.1 Å². The van der Waals surface area contributed by atoms with Crippen molar-refractivity contribution < 1.29 is 36.9 Å². The van der Waals surface area contributed by atoms with Crippen molar-refractivity contribution in [2.45, 2.75) is 76.7 Å². The van der Waals surface area contributed by atoms with E-state index in [0.717, 1.165) is 6.20 Å². The Balaban J connectivity index is 1.92. The first kappa shape index (κ1) is 34.6. The number of carbonyl (C=O) groups excluding carboxylic acids is 2. The summed E-state index contributed by atoms with van der Waals surface area (Å²) in [7, 11) is -3.60. The summed E-state index contributed by atoms with van der Waals surface area (Å²) in [6.07, 6.45) is 0.159. The van der Waals surface area contributed by atoms with Gasteiger partial charge in [-0.1, -0.05) is 17.3 Å². The van der Waals surface area contributed by atoms with Crippen molar-refractivity contribution in [2.24, 2.45) is 0 Å². The molecular weight excluding hydrogens is 632 g/mol. The summed E-state index contributed by atoms with van der Waals surface area (Å²) in [5, 5.41) is 16.9. The fourth-order valence-electron chi connectivity index (χ4n) is 3.99. The molecule has 0 aliphatic carbocycles. The Morgan fingerprint density at radius 1 is 0.915 bits per heavy atom. The Bertz CT molecular complexity index is 1920. The number of carbonyl (C=O) groups is 2. The monoisotopic (exact) mass is 666 g/mol. The highest BCUT2D eigenvalue weighted by molar-refractivity contribution is 7.92. The number of nitrogens with one attached hydrogen (secondary N) is 1. The molecule has 248 valence electrons. The maximum atomic E-state index is 13.5. The van der Waals surface area contributed by atoms with Gasteiger partial charge in [0.1, 0.15) is 28.8 Å². The van der Waals surface area contributed by atoms with Crippen LogP contribution in [0.25, 0.3) is 34.1 Å². The van der Waals surface area contributed by atoms with E-state index < -0.39 is 43.3 Å². The number of nitro groups is 1. The fourth-order valence-corrected chi connectivity index (χ4v) is 5.05. The summed E-state index contributed by atoms with van der Waals surface area (Å²) in [6.45, 7) is 13.1. The SMILES string of the molecule is CC(C)S(=O)(=O)c1ccc(-c2nc(-c3cc(-c4ccc([N+](=O)[O-])cn4)no3)c(NC(=O)OC(C)(C)C)nc2C(=O)OC(C)(C)C)cc1. The van der Waals surface area contributed by atoms with Gasteiger partial charge in [0, 0.05) is 17.7 Å². The van der Waals surface area contributed by atoms with Crippen LogP contribution in [0.5, 0.6) is 0 Å². The molecule has 15 nitrogen and oxygen atoms in total. The van der Waals surface area contributed by atoms with E-state index in [1.54, 1.807) is 55.4 Å². The number of pyridine rings is 1. The minimum Gasteiger partial charge on any atom is -0.455 e. The van der Waals surface area contributed by atoms with Gasteiger partial charge in [0.05, 0.1) is 20.8 Å². The number of hydrogen-bond donors (Lipinski definition) is 1. The third-order valence-corrected chi connectivity index (χ3v) is 8.32. The van der Waals surface area contributed by atoms with Gasteiger partial charge in [-0.25, -0.2) is 33.0 Å². The van der Waals surface area contributed by atoms with E-state index in [1.165, 1.54) is 42.5 Å². The van der Waals surface area contributed by atoms with E-state index in [-0.39, 0.29) is 50.6 Å². The van der Waals surface area contributed by atoms with E-state index in [1.807, 2.05) is 0 Å². The van der Waals surface area contributed by atoms with E-state index >= 15 is 0 Å². The molecular formula is C31H34N6O9S. The average molecular weight is 667 g/mol. The number of aromatic nitrogens is 4. The molecule has 4 rings (SSSR count). The maximum Gasteiger partial charge on any atom is 0.413 e. The third kappa shape index (κ3) is 8.32. The standard InChI is InChI=1S/C31H34N6O9S/c1-17(2)47(42,43)20-12-9-18(10-13-20)24-26(28(38)44-30(3,4)5)34-27(35-29(39)45-31(6,7)8)25(33-24)23-15-22(36-46-23)21-14-11-19(16-32-21)37(40)41/h9-17H,1-8H3,(H,34,35,39). The smallest absolute Gasteiger partial charge is 0.413 e. The van der Waals surface area contributed by atoms with E-state index in [4.69, 9.17) is 14.0 Å². The topological polar surface area (TPSA) is 207 Å². The molecule has 1 N–H and O–H groups in total. The van der Waals surface area contributed by atoms with Crippen LogP contribution in [0.3, 0.4) is 0 Å². The molecule has 0 fully saturated rings. The molecule has 0 unspecified atom stereocenters. The molecule has 0 saturated heterocycles. The first-order valence-corrected chi connectivity index (χ1v) is 15.9. The van der Waals surface area contributed by atoms with Crippen molar-refractivity contribution >= 4 is 33.4 Å². The first-order valence-electron chi connectivity index (χ1n) is 14.3. The Hall–Kier alpha value is -5.25. The molecule has 1 aromatic carbocycles. The summed E-state index contributed by atoms with van der Waals surface area (Å²) in [4.78, 5) is 50.1. The van der Waals surface area contributed by atoms with Crippen molar-refractivity contribution in [1.29, 1.82) is 0 Å². The third-order valence-electron chi connectivity index (χ3n) is 6.15. The van der Waals surface area contributed by atoms with Gasteiger partial charge in [-0.05, 0) is 73.6 Å². The second-order valence-electron chi connectivity index (χ2n) is 12.6. The van der Waals surface area contributed by atoms with Gasteiger partial charge >= 0.3 is 12.1 Å². The zero-order valence-electron chi connectivity index (χ0n) is 27.0. The molecule has 0 aliphatic heterocycles. The van der Waals surface area contributed by atoms with Gasteiger partial charge in [-0.2, -0.15) is 0 Å². The molecule has 3 aromatic heterocycles. The predicted molar refractivity (Wildman–Crippen MR) is 170 cm³/mol. The Morgan fingerprint density at radius 3 is 2.09 bits per heavy atom. The fraction of sp³-hybridized carbons (Fsp3) is 0.355. The van der Waals surface area contributed by atoms with Crippen molar-refractivity contribution in [3.8, 4) is 34.1 Å². The zero-order valence-corrected chi connectivity index (χ0v) is 27.8. The number of amides is 1. The Morgan fingerprint density at radius 2 is 1.55 bits per heavy atom. The largest absolute Gasteiger partial charge is 0.455 e. The van der Waals surface area contributed by atoms with Gasteiger partial charge in [-0.15, -0.1) is 0 Å². The van der Waals surface area contributed by atoms with Crippen LogP contribution in [-0.2, 0) is 19.3 Å². The second-order valence-corrected chi connectivity index (χ2v) is 15.1. The van der Waals surface area contributed by atoms with Crippen LogP contribution < -0.4 is 5.32 Å². The van der Waals surface area contributed by atoms with Crippen LogP contribution in [-0.4, -0.2) is 62.0 Å². The molecule has 0 aliphatic rings. The van der Waals surface area contributed by atoms with Crippen molar-refractivity contribution in [3.05, 3.63) is 64.5 Å². The number of nitrogens with zero attached hydrogens (tertiary/aromatic N) is 5. The van der Waals surface area contributed by atoms with E-state index in [9.17, 15) is 28.1 Å². The van der Waals surface area contributed by atoms with Gasteiger partial charge in [-0.3, -0.25) is 15.4 Å². The normalized spacial score (nSPS) is 12.1. The van der Waals surface area contributed by atoms with Crippen LogP contribution >= 0.6 is 0 Å². The van der Waals surface area contributed by atoms with E-state index in [2.05, 4.69) is 25.4 Å². The van der Waals surface area contributed by atoms with Crippen molar-refractivity contribution in [2.75, 3.05) is 5.32 Å². The predicted octanol–water partition coefficient (Wildman–Crippen LogP) is 6.25. The summed E-state index contributed by atoms with van der Waals surface area (Å²) in [5.41, 5.74) is -1.67. The lowest BCUT2D eigenvalue weighted by atomic mass is 10.1. The van der Waals surface area contributed by atoms with Gasteiger partial charge in [0.2, 0.25) is 0 Å². The van der Waals surface area contributed by atoms with Crippen LogP contribution in [0, 0.1) is 10.1 Å². The number of esters is 1. The second kappa shape index (κ2) is 12.9. The van der Waals surface area contributed by atoms with Gasteiger partial charge in [0.15, 0.2) is 32.8 Å². The first-order chi connectivity index (χ1) is 21.7. The Labute approximate surface area is 270 Å². The number of sulfone groups is 1. The summed E-state index contributed by atoms with van der Waals surface area (Å²) < 4.78 is 42.1. The van der Waals surface area contributed by atoms with Crippen LogP contribution in [0.2, 0.25) is 0 Å². The highest BCUT2D eigenvalue weighted by Crippen LogP contribution is 2.34. The Kier molecular flexibility index (Phi) is 9.47. The zero-order chi connectivity index (χ0) is 34.9. The molecule has 0 bridgehead atoms. The lowest BCUT2D eigenvalue weighted by Crippen LogP contribution is -2.29. The highest BCUT2D eigenvalue weighted by atomic mass is 32.2. The quantitative estimate of drug-likeness (QED) is 0.125. The molecule has 16 heteroatoms. The molecule has 4 aromatic rings. The summed E-state index contributed by atoms with van der Waals surface area (Å²) in [6, 6.07) is 9.80. The van der Waals surface area contributed by atoms with Gasteiger partial charge in [0.25, 0.3) is 5.69 Å².